The van der Waals surface area contributed by atoms with E-state index in [1.165, 1.54) is 18.2 Å². The number of amides is 2. The van der Waals surface area contributed by atoms with Crippen molar-refractivity contribution in [1.82, 2.24) is 14.8 Å². The van der Waals surface area contributed by atoms with Gasteiger partial charge in [-0.3, -0.25) is 14.6 Å². The van der Waals surface area contributed by atoms with E-state index in [1.54, 1.807) is 36.2 Å². The van der Waals surface area contributed by atoms with Crippen molar-refractivity contribution in [3.8, 4) is 11.1 Å². The van der Waals surface area contributed by atoms with Gasteiger partial charge >= 0.3 is 0 Å². The van der Waals surface area contributed by atoms with Gasteiger partial charge in [-0.1, -0.05) is 36.4 Å². The largest absolute Gasteiger partial charge is 0.348 e. The number of likely N-dealkylation sites (tertiary alicyclic amines) is 1. The first-order chi connectivity index (χ1) is 15.4. The molecule has 0 unspecified atom stereocenters. The van der Waals surface area contributed by atoms with E-state index >= 15 is 0 Å². The standard InChI is InChI=1S/C26H26FN3O2/c1-29(2)25(32)26(12-14-30(18-26)24(31)19-8-5-10-22(27)15-19)16-20-7-3-4-11-23(20)21-9-6-13-28-17-21/h3-11,13,15,17H,12,14,16,18H2,1-2H3/t26-/m1/s1. The number of carbonyl (C=O) groups is 2. The first-order valence-corrected chi connectivity index (χ1v) is 10.6. The van der Waals surface area contributed by atoms with Gasteiger partial charge in [0.25, 0.3) is 5.91 Å². The van der Waals surface area contributed by atoms with Crippen molar-refractivity contribution in [3.63, 3.8) is 0 Å². The molecule has 0 N–H and O–H groups in total. The molecule has 1 atom stereocenters. The average Bonchev–Trinajstić information content (AvgIpc) is 3.24. The van der Waals surface area contributed by atoms with E-state index in [0.29, 0.717) is 31.5 Å². The summed E-state index contributed by atoms with van der Waals surface area (Å²) in [6.45, 7) is 0.741. The monoisotopic (exact) mass is 431 g/mol. The Bertz CT molecular complexity index is 1130. The van der Waals surface area contributed by atoms with Gasteiger partial charge in [-0.2, -0.15) is 0 Å². The maximum Gasteiger partial charge on any atom is 0.253 e. The minimum Gasteiger partial charge on any atom is -0.348 e. The van der Waals surface area contributed by atoms with Crippen LogP contribution in [0.5, 0.6) is 0 Å². The fraction of sp³-hybridized carbons (Fsp3) is 0.269. The molecule has 0 saturated carbocycles. The first-order valence-electron chi connectivity index (χ1n) is 10.6. The molecule has 32 heavy (non-hydrogen) atoms. The molecular formula is C26H26FN3O2. The molecule has 4 rings (SSSR count). The lowest BCUT2D eigenvalue weighted by molar-refractivity contribution is -0.138. The number of benzene rings is 2. The van der Waals surface area contributed by atoms with E-state index in [9.17, 15) is 14.0 Å². The number of pyridine rings is 1. The van der Waals surface area contributed by atoms with Gasteiger partial charge < -0.3 is 9.80 Å². The van der Waals surface area contributed by atoms with E-state index in [4.69, 9.17) is 0 Å². The van der Waals surface area contributed by atoms with Crippen LogP contribution in [0.4, 0.5) is 4.39 Å². The zero-order valence-corrected chi connectivity index (χ0v) is 18.3. The van der Waals surface area contributed by atoms with Crippen LogP contribution in [0, 0.1) is 11.2 Å². The van der Waals surface area contributed by atoms with Crippen molar-refractivity contribution >= 4 is 11.8 Å². The van der Waals surface area contributed by atoms with Crippen molar-refractivity contribution in [2.75, 3.05) is 27.2 Å². The fourth-order valence-electron chi connectivity index (χ4n) is 4.56. The van der Waals surface area contributed by atoms with E-state index < -0.39 is 11.2 Å². The number of carbonyl (C=O) groups excluding carboxylic acids is 2. The van der Waals surface area contributed by atoms with Gasteiger partial charge in [0.15, 0.2) is 0 Å². The number of hydrogen-bond acceptors (Lipinski definition) is 3. The Balaban J connectivity index is 1.67. The molecule has 0 spiro atoms. The third-order valence-corrected chi connectivity index (χ3v) is 6.09. The molecular weight excluding hydrogens is 405 g/mol. The van der Waals surface area contributed by atoms with Crippen molar-refractivity contribution in [2.45, 2.75) is 12.8 Å². The average molecular weight is 432 g/mol. The molecule has 6 heteroatoms. The lowest BCUT2D eigenvalue weighted by Gasteiger charge is -2.32. The number of nitrogens with zero attached hydrogens (tertiary/aromatic N) is 3. The topological polar surface area (TPSA) is 53.5 Å². The van der Waals surface area contributed by atoms with Crippen molar-refractivity contribution in [1.29, 1.82) is 0 Å². The minimum absolute atomic E-state index is 0.00645. The summed E-state index contributed by atoms with van der Waals surface area (Å²) in [4.78, 5) is 33.9. The third-order valence-electron chi connectivity index (χ3n) is 6.09. The van der Waals surface area contributed by atoms with E-state index in [1.807, 2.05) is 42.6 Å². The van der Waals surface area contributed by atoms with Crippen LogP contribution in [0.15, 0.2) is 73.1 Å². The van der Waals surface area contributed by atoms with E-state index in [0.717, 1.165) is 16.7 Å². The second-order valence-electron chi connectivity index (χ2n) is 8.54. The predicted molar refractivity (Wildman–Crippen MR) is 121 cm³/mol. The summed E-state index contributed by atoms with van der Waals surface area (Å²) in [5.74, 6) is -0.706. The normalized spacial score (nSPS) is 17.9. The van der Waals surface area contributed by atoms with Gasteiger partial charge in [0.1, 0.15) is 5.82 Å². The Labute approximate surface area is 187 Å². The number of aromatic nitrogens is 1. The van der Waals surface area contributed by atoms with Crippen LogP contribution in [-0.2, 0) is 11.2 Å². The Morgan fingerprint density at radius 3 is 2.62 bits per heavy atom. The second kappa shape index (κ2) is 8.91. The van der Waals surface area contributed by atoms with Crippen LogP contribution in [0.2, 0.25) is 0 Å². The molecule has 0 aliphatic carbocycles. The minimum atomic E-state index is -0.745. The van der Waals surface area contributed by atoms with Crippen molar-refractivity contribution < 1.29 is 14.0 Å². The van der Waals surface area contributed by atoms with Crippen molar-refractivity contribution in [3.05, 3.63) is 90.0 Å². The molecule has 1 fully saturated rings. The zero-order chi connectivity index (χ0) is 22.7. The summed E-state index contributed by atoms with van der Waals surface area (Å²) in [5, 5.41) is 0. The summed E-state index contributed by atoms with van der Waals surface area (Å²) >= 11 is 0. The Hall–Kier alpha value is -3.54. The Kier molecular flexibility index (Phi) is 6.04. The van der Waals surface area contributed by atoms with Crippen LogP contribution in [0.25, 0.3) is 11.1 Å². The van der Waals surface area contributed by atoms with Crippen LogP contribution in [0.3, 0.4) is 0 Å². The third kappa shape index (κ3) is 4.26. The summed E-state index contributed by atoms with van der Waals surface area (Å²) in [7, 11) is 3.49. The molecule has 2 heterocycles. The van der Waals surface area contributed by atoms with E-state index in [2.05, 4.69) is 4.98 Å². The zero-order valence-electron chi connectivity index (χ0n) is 18.3. The highest BCUT2D eigenvalue weighted by Gasteiger charge is 2.47. The van der Waals surface area contributed by atoms with E-state index in [-0.39, 0.29) is 11.8 Å². The van der Waals surface area contributed by atoms with Crippen LogP contribution >= 0.6 is 0 Å². The van der Waals surface area contributed by atoms with Gasteiger partial charge in [-0.05, 0) is 48.2 Å². The Morgan fingerprint density at radius 2 is 1.91 bits per heavy atom. The summed E-state index contributed by atoms with van der Waals surface area (Å²) in [5.41, 5.74) is 2.61. The van der Waals surface area contributed by atoms with Gasteiger partial charge in [0.2, 0.25) is 5.91 Å². The highest BCUT2D eigenvalue weighted by Crippen LogP contribution is 2.39. The number of rotatable bonds is 5. The number of halogens is 1. The molecule has 1 aliphatic rings. The molecule has 2 aromatic carbocycles. The molecule has 164 valence electrons. The van der Waals surface area contributed by atoms with Crippen LogP contribution in [0.1, 0.15) is 22.3 Å². The van der Waals surface area contributed by atoms with Crippen molar-refractivity contribution in [2.24, 2.45) is 5.41 Å². The summed E-state index contributed by atoms with van der Waals surface area (Å²) < 4.78 is 13.7. The van der Waals surface area contributed by atoms with Gasteiger partial charge in [-0.15, -0.1) is 0 Å². The molecule has 5 nitrogen and oxygen atoms in total. The second-order valence-corrected chi connectivity index (χ2v) is 8.54. The molecule has 1 saturated heterocycles. The van der Waals surface area contributed by atoms with Gasteiger partial charge in [-0.25, -0.2) is 4.39 Å². The van der Waals surface area contributed by atoms with Gasteiger partial charge in [0, 0.05) is 50.7 Å². The summed E-state index contributed by atoms with van der Waals surface area (Å²) in [6, 6.07) is 17.6. The molecule has 3 aromatic rings. The van der Waals surface area contributed by atoms with Crippen LogP contribution in [-0.4, -0.2) is 53.8 Å². The molecule has 1 aliphatic heterocycles. The lowest BCUT2D eigenvalue weighted by atomic mass is 9.78. The maximum atomic E-state index is 13.7. The number of hydrogen-bond donors (Lipinski definition) is 0. The first kappa shape index (κ1) is 21.7. The highest BCUT2D eigenvalue weighted by molar-refractivity contribution is 5.95. The SMILES string of the molecule is CN(C)C(=O)[C@@]1(Cc2ccccc2-c2cccnc2)CCN(C(=O)c2cccc(F)c2)C1. The fourth-order valence-corrected chi connectivity index (χ4v) is 4.56. The predicted octanol–water partition coefficient (Wildman–Crippen LogP) is 4.05. The van der Waals surface area contributed by atoms with Gasteiger partial charge in [0.05, 0.1) is 5.41 Å². The summed E-state index contributed by atoms with van der Waals surface area (Å²) in [6.07, 6.45) is 4.60. The highest BCUT2D eigenvalue weighted by atomic mass is 19.1. The van der Waals surface area contributed by atoms with Crippen LogP contribution < -0.4 is 0 Å². The lowest BCUT2D eigenvalue weighted by Crippen LogP contribution is -2.44. The maximum absolute atomic E-state index is 13.7. The quantitative estimate of drug-likeness (QED) is 0.612. The molecule has 0 radical (unpaired) electrons. The molecule has 0 bridgehead atoms. The molecule has 1 aromatic heterocycles. The molecule has 2 amide bonds. The Morgan fingerprint density at radius 1 is 1.09 bits per heavy atom. The smallest absolute Gasteiger partial charge is 0.253 e.